The molecule has 1 heterocycles. The SMILES string of the molecule is CC1C(=O)OC(=O)C1C.CCC(C)(C)C(C)(C)C. The van der Waals surface area contributed by atoms with Crippen molar-refractivity contribution in [1.82, 2.24) is 0 Å². The normalized spacial score (nSPS) is 24.4. The van der Waals surface area contributed by atoms with Gasteiger partial charge in [0.25, 0.3) is 0 Å². The monoisotopic (exact) mass is 256 g/mol. The average molecular weight is 256 g/mol. The zero-order chi connectivity index (χ0) is 14.7. The molecule has 0 amide bonds. The fraction of sp³-hybridized carbons (Fsp3) is 0.867. The fourth-order valence-corrected chi connectivity index (χ4v) is 1.22. The Hall–Kier alpha value is -0.860. The summed E-state index contributed by atoms with van der Waals surface area (Å²) in [5.41, 5.74) is 0.925. The molecule has 1 rings (SSSR count). The van der Waals surface area contributed by atoms with Gasteiger partial charge < -0.3 is 4.74 Å². The van der Waals surface area contributed by atoms with Gasteiger partial charge in [-0.25, -0.2) is 0 Å². The smallest absolute Gasteiger partial charge is 0.317 e. The van der Waals surface area contributed by atoms with Gasteiger partial charge in [0.15, 0.2) is 0 Å². The summed E-state index contributed by atoms with van der Waals surface area (Å²) in [6, 6.07) is 0. The first-order chi connectivity index (χ1) is 7.94. The van der Waals surface area contributed by atoms with Gasteiger partial charge in [0.05, 0.1) is 11.8 Å². The van der Waals surface area contributed by atoms with Gasteiger partial charge in [-0.1, -0.05) is 61.8 Å². The molecule has 1 aliphatic rings. The number of ether oxygens (including phenoxy) is 1. The third-order valence-electron chi connectivity index (χ3n) is 4.61. The lowest BCUT2D eigenvalue weighted by molar-refractivity contribution is -0.153. The highest BCUT2D eigenvalue weighted by Gasteiger charge is 2.37. The van der Waals surface area contributed by atoms with Crippen molar-refractivity contribution >= 4 is 11.9 Å². The standard InChI is InChI=1S/C9H20.C6H8O3/c1-7-9(5,6)8(2,3)4;1-3-4(2)6(8)9-5(3)7/h7H2,1-6H3;3-4H,1-2H3. The summed E-state index contributed by atoms with van der Waals surface area (Å²) in [4.78, 5) is 21.1. The van der Waals surface area contributed by atoms with E-state index in [-0.39, 0.29) is 11.8 Å². The summed E-state index contributed by atoms with van der Waals surface area (Å²) >= 11 is 0. The summed E-state index contributed by atoms with van der Waals surface area (Å²) in [5.74, 6) is -1.30. The first kappa shape index (κ1) is 17.1. The van der Waals surface area contributed by atoms with Gasteiger partial charge in [-0.15, -0.1) is 0 Å². The molecule has 1 saturated heterocycles. The second-order valence-corrected chi connectivity index (χ2v) is 6.80. The minimum absolute atomic E-state index is 0.252. The van der Waals surface area contributed by atoms with E-state index in [2.05, 4.69) is 46.3 Å². The Morgan fingerprint density at radius 3 is 1.33 bits per heavy atom. The Balaban J connectivity index is 0.000000321. The molecule has 0 aromatic carbocycles. The van der Waals surface area contributed by atoms with Gasteiger partial charge in [-0.05, 0) is 10.8 Å². The molecular formula is C15H28O3. The van der Waals surface area contributed by atoms with Crippen LogP contribution < -0.4 is 0 Å². The maximum Gasteiger partial charge on any atom is 0.317 e. The molecule has 0 saturated carbocycles. The van der Waals surface area contributed by atoms with Crippen LogP contribution in [0.15, 0.2) is 0 Å². The molecule has 0 radical (unpaired) electrons. The van der Waals surface area contributed by atoms with E-state index in [4.69, 9.17) is 0 Å². The number of cyclic esters (lactones) is 2. The van der Waals surface area contributed by atoms with Crippen LogP contribution in [0.5, 0.6) is 0 Å². The molecule has 0 aromatic rings. The molecule has 18 heavy (non-hydrogen) atoms. The maximum absolute atomic E-state index is 10.6. The van der Waals surface area contributed by atoms with Crippen LogP contribution in [0.2, 0.25) is 0 Å². The van der Waals surface area contributed by atoms with Gasteiger partial charge >= 0.3 is 11.9 Å². The van der Waals surface area contributed by atoms with Crippen LogP contribution in [-0.4, -0.2) is 11.9 Å². The zero-order valence-corrected chi connectivity index (χ0v) is 13.1. The molecule has 3 heteroatoms. The molecule has 1 aliphatic heterocycles. The van der Waals surface area contributed by atoms with Crippen molar-refractivity contribution in [2.24, 2.45) is 22.7 Å². The predicted octanol–water partition coefficient (Wildman–Crippen LogP) is 3.81. The Labute approximate surface area is 111 Å². The number of carbonyl (C=O) groups is 2. The molecule has 1 fully saturated rings. The molecule has 0 aromatic heterocycles. The zero-order valence-electron chi connectivity index (χ0n) is 13.1. The molecule has 0 N–H and O–H groups in total. The summed E-state index contributed by atoms with van der Waals surface area (Å²) in [7, 11) is 0. The van der Waals surface area contributed by atoms with Crippen molar-refractivity contribution in [3.05, 3.63) is 0 Å². The summed E-state index contributed by atoms with van der Waals surface area (Å²) in [5, 5.41) is 0. The highest BCUT2D eigenvalue weighted by atomic mass is 16.6. The minimum atomic E-state index is -0.396. The van der Waals surface area contributed by atoms with Crippen molar-refractivity contribution < 1.29 is 14.3 Å². The molecule has 2 unspecified atom stereocenters. The van der Waals surface area contributed by atoms with Crippen LogP contribution in [-0.2, 0) is 14.3 Å². The number of hydrogen-bond acceptors (Lipinski definition) is 3. The fourth-order valence-electron chi connectivity index (χ4n) is 1.22. The number of hydrogen-bond donors (Lipinski definition) is 0. The summed E-state index contributed by atoms with van der Waals surface area (Å²) in [6.07, 6.45) is 1.26. The second kappa shape index (κ2) is 5.85. The highest BCUT2D eigenvalue weighted by Crippen LogP contribution is 2.40. The van der Waals surface area contributed by atoms with E-state index in [0.29, 0.717) is 10.8 Å². The van der Waals surface area contributed by atoms with Crippen molar-refractivity contribution in [3.63, 3.8) is 0 Å². The number of carbonyl (C=O) groups excluding carboxylic acids is 2. The molecule has 2 atom stereocenters. The van der Waals surface area contributed by atoms with Gasteiger partial charge in [0.1, 0.15) is 0 Å². The van der Waals surface area contributed by atoms with E-state index in [9.17, 15) is 9.59 Å². The van der Waals surface area contributed by atoms with Crippen LogP contribution in [0.1, 0.15) is 61.8 Å². The molecule has 0 aliphatic carbocycles. The molecule has 0 spiro atoms. The third kappa shape index (κ3) is 4.11. The van der Waals surface area contributed by atoms with E-state index in [1.165, 1.54) is 6.42 Å². The van der Waals surface area contributed by atoms with Crippen LogP contribution in [0.4, 0.5) is 0 Å². The van der Waals surface area contributed by atoms with Gasteiger partial charge in [-0.3, -0.25) is 9.59 Å². The topological polar surface area (TPSA) is 43.4 Å². The maximum atomic E-state index is 10.6. The first-order valence-electron chi connectivity index (χ1n) is 6.69. The van der Waals surface area contributed by atoms with E-state index in [0.717, 1.165) is 0 Å². The lowest BCUT2D eigenvalue weighted by Gasteiger charge is -2.37. The number of esters is 2. The Bertz CT molecular complexity index is 292. The van der Waals surface area contributed by atoms with Gasteiger partial charge in [0, 0.05) is 0 Å². The molecule has 0 bridgehead atoms. The van der Waals surface area contributed by atoms with Gasteiger partial charge in [0.2, 0.25) is 0 Å². The van der Waals surface area contributed by atoms with E-state index in [1.807, 2.05) is 0 Å². The summed E-state index contributed by atoms with van der Waals surface area (Å²) < 4.78 is 4.31. The molecular weight excluding hydrogens is 228 g/mol. The second-order valence-electron chi connectivity index (χ2n) is 6.80. The van der Waals surface area contributed by atoms with Crippen molar-refractivity contribution in [2.45, 2.75) is 61.8 Å². The first-order valence-corrected chi connectivity index (χ1v) is 6.69. The van der Waals surface area contributed by atoms with E-state index >= 15 is 0 Å². The van der Waals surface area contributed by atoms with Crippen LogP contribution in [0.3, 0.4) is 0 Å². The van der Waals surface area contributed by atoms with Crippen LogP contribution in [0.25, 0.3) is 0 Å². The average Bonchev–Trinajstić information content (AvgIpc) is 2.45. The highest BCUT2D eigenvalue weighted by molar-refractivity contribution is 5.95. The Morgan fingerprint density at radius 2 is 1.28 bits per heavy atom. The quantitative estimate of drug-likeness (QED) is 0.529. The van der Waals surface area contributed by atoms with Crippen LogP contribution in [0, 0.1) is 22.7 Å². The Morgan fingerprint density at radius 1 is 0.944 bits per heavy atom. The van der Waals surface area contributed by atoms with Crippen molar-refractivity contribution in [3.8, 4) is 0 Å². The molecule has 106 valence electrons. The third-order valence-corrected chi connectivity index (χ3v) is 4.61. The largest absolute Gasteiger partial charge is 0.393 e. The van der Waals surface area contributed by atoms with Crippen molar-refractivity contribution in [1.29, 1.82) is 0 Å². The summed E-state index contributed by atoms with van der Waals surface area (Å²) in [6.45, 7) is 17.2. The lowest BCUT2D eigenvalue weighted by Crippen LogP contribution is -2.28. The Kier molecular flexibility index (Phi) is 5.57. The van der Waals surface area contributed by atoms with Crippen LogP contribution >= 0.6 is 0 Å². The lowest BCUT2D eigenvalue weighted by atomic mass is 9.68. The molecule has 3 nitrogen and oxygen atoms in total. The predicted molar refractivity (Wildman–Crippen MR) is 73.0 cm³/mol. The minimum Gasteiger partial charge on any atom is -0.393 e. The van der Waals surface area contributed by atoms with Gasteiger partial charge in [-0.2, -0.15) is 0 Å². The van der Waals surface area contributed by atoms with Crippen molar-refractivity contribution in [2.75, 3.05) is 0 Å². The van der Waals surface area contributed by atoms with E-state index < -0.39 is 11.9 Å². The van der Waals surface area contributed by atoms with E-state index in [1.54, 1.807) is 13.8 Å². The number of rotatable bonds is 1.